The molecule has 1 rings (SSSR count). The van der Waals surface area contributed by atoms with Crippen molar-refractivity contribution in [3.8, 4) is 0 Å². The van der Waals surface area contributed by atoms with Crippen molar-refractivity contribution in [2.24, 2.45) is 0 Å². The van der Waals surface area contributed by atoms with E-state index in [1.54, 1.807) is 27.9 Å². The van der Waals surface area contributed by atoms with Gasteiger partial charge in [-0.3, -0.25) is 9.59 Å². The number of carbonyl (C=O) groups is 2. The zero-order chi connectivity index (χ0) is 14.6. The standard InChI is InChI=1S/C12H18N2O3S2/c1-12(2,11(16)17)19-7-8-6-18-9(13-8)5-10(15)14(3)4/h6H,5,7H2,1-4H3,(H,16,17). The third-order valence-corrected chi connectivity index (χ3v) is 4.73. The zero-order valence-corrected chi connectivity index (χ0v) is 13.1. The fourth-order valence-electron chi connectivity index (χ4n) is 1.10. The van der Waals surface area contributed by atoms with Gasteiger partial charge in [0.25, 0.3) is 0 Å². The highest BCUT2D eigenvalue weighted by molar-refractivity contribution is 8.00. The van der Waals surface area contributed by atoms with Gasteiger partial charge < -0.3 is 10.0 Å². The van der Waals surface area contributed by atoms with Crippen LogP contribution in [0.3, 0.4) is 0 Å². The molecule has 0 radical (unpaired) electrons. The molecule has 0 aromatic carbocycles. The second kappa shape index (κ2) is 6.38. The Hall–Kier alpha value is -1.08. The SMILES string of the molecule is CN(C)C(=O)Cc1nc(CSC(C)(C)C(=O)O)cs1. The van der Waals surface area contributed by atoms with Crippen molar-refractivity contribution < 1.29 is 14.7 Å². The van der Waals surface area contributed by atoms with Crippen molar-refractivity contribution in [1.82, 2.24) is 9.88 Å². The Balaban J connectivity index is 2.56. The van der Waals surface area contributed by atoms with Gasteiger partial charge in [0.2, 0.25) is 5.91 Å². The molecule has 0 saturated heterocycles. The zero-order valence-electron chi connectivity index (χ0n) is 11.5. The molecule has 0 aliphatic heterocycles. The molecule has 5 nitrogen and oxygen atoms in total. The van der Waals surface area contributed by atoms with E-state index in [1.807, 2.05) is 5.38 Å². The van der Waals surface area contributed by atoms with E-state index in [9.17, 15) is 9.59 Å². The number of carboxylic acids is 1. The largest absolute Gasteiger partial charge is 0.480 e. The van der Waals surface area contributed by atoms with Crippen molar-refractivity contribution >= 4 is 35.0 Å². The van der Waals surface area contributed by atoms with Gasteiger partial charge in [-0.15, -0.1) is 23.1 Å². The maximum atomic E-state index is 11.5. The van der Waals surface area contributed by atoms with E-state index in [1.165, 1.54) is 28.0 Å². The van der Waals surface area contributed by atoms with Crippen LogP contribution in [0.15, 0.2) is 5.38 Å². The molecule has 1 aromatic rings. The summed E-state index contributed by atoms with van der Waals surface area (Å²) in [5, 5.41) is 11.7. The van der Waals surface area contributed by atoms with Gasteiger partial charge in [0.15, 0.2) is 0 Å². The first-order chi connectivity index (χ1) is 8.72. The minimum Gasteiger partial charge on any atom is -0.480 e. The molecule has 19 heavy (non-hydrogen) atoms. The summed E-state index contributed by atoms with van der Waals surface area (Å²) in [5.74, 6) is -0.290. The van der Waals surface area contributed by atoms with Gasteiger partial charge in [0.1, 0.15) is 9.75 Å². The third-order valence-electron chi connectivity index (χ3n) is 2.50. The highest BCUT2D eigenvalue weighted by Crippen LogP contribution is 2.28. The third kappa shape index (κ3) is 4.83. The van der Waals surface area contributed by atoms with E-state index in [-0.39, 0.29) is 5.91 Å². The van der Waals surface area contributed by atoms with Crippen LogP contribution in [0.25, 0.3) is 0 Å². The summed E-state index contributed by atoms with van der Waals surface area (Å²) in [6, 6.07) is 0. The number of amides is 1. The van der Waals surface area contributed by atoms with E-state index in [4.69, 9.17) is 5.11 Å². The number of hydrogen-bond donors (Lipinski definition) is 1. The highest BCUT2D eigenvalue weighted by atomic mass is 32.2. The lowest BCUT2D eigenvalue weighted by molar-refractivity contribution is -0.138. The number of likely N-dealkylation sites (N-methyl/N-ethyl adjacent to an activating group) is 1. The first-order valence-corrected chi connectivity index (χ1v) is 7.59. The first kappa shape index (κ1) is 16.0. The van der Waals surface area contributed by atoms with Crippen molar-refractivity contribution in [1.29, 1.82) is 0 Å². The van der Waals surface area contributed by atoms with Crippen LogP contribution in [0.5, 0.6) is 0 Å². The lowest BCUT2D eigenvalue weighted by atomic mass is 10.2. The normalized spacial score (nSPS) is 11.4. The summed E-state index contributed by atoms with van der Waals surface area (Å²) in [6.07, 6.45) is 0.296. The lowest BCUT2D eigenvalue weighted by Crippen LogP contribution is -2.27. The molecule has 0 aliphatic carbocycles. The minimum atomic E-state index is -0.837. The van der Waals surface area contributed by atoms with Crippen LogP contribution in [-0.2, 0) is 21.8 Å². The van der Waals surface area contributed by atoms with E-state index in [2.05, 4.69) is 4.98 Å². The molecule has 0 bridgehead atoms. The molecule has 1 amide bonds. The van der Waals surface area contributed by atoms with E-state index in [0.717, 1.165) is 10.7 Å². The van der Waals surface area contributed by atoms with Gasteiger partial charge in [-0.05, 0) is 13.8 Å². The average molecular weight is 302 g/mol. The van der Waals surface area contributed by atoms with Gasteiger partial charge in [-0.1, -0.05) is 0 Å². The first-order valence-electron chi connectivity index (χ1n) is 5.73. The van der Waals surface area contributed by atoms with Gasteiger partial charge in [-0.25, -0.2) is 4.98 Å². The van der Waals surface area contributed by atoms with Gasteiger partial charge in [0.05, 0.1) is 12.1 Å². The van der Waals surface area contributed by atoms with Crippen LogP contribution in [-0.4, -0.2) is 45.7 Å². The van der Waals surface area contributed by atoms with Gasteiger partial charge in [-0.2, -0.15) is 0 Å². The summed E-state index contributed by atoms with van der Waals surface area (Å²) in [4.78, 5) is 28.4. The Morgan fingerprint density at radius 3 is 2.63 bits per heavy atom. The number of nitrogens with zero attached hydrogens (tertiary/aromatic N) is 2. The Morgan fingerprint density at radius 1 is 1.47 bits per heavy atom. The molecule has 7 heteroatoms. The topological polar surface area (TPSA) is 70.5 Å². The van der Waals surface area contributed by atoms with Crippen LogP contribution in [0, 0.1) is 0 Å². The van der Waals surface area contributed by atoms with Crippen LogP contribution in [0.1, 0.15) is 24.5 Å². The predicted molar refractivity (Wildman–Crippen MR) is 77.5 cm³/mol. The smallest absolute Gasteiger partial charge is 0.319 e. The number of rotatable bonds is 6. The number of carboxylic acid groups (broad SMARTS) is 1. The minimum absolute atomic E-state index is 0.0134. The summed E-state index contributed by atoms with van der Waals surface area (Å²) in [6.45, 7) is 3.34. The van der Waals surface area contributed by atoms with E-state index < -0.39 is 10.7 Å². The van der Waals surface area contributed by atoms with Gasteiger partial charge in [0, 0.05) is 25.2 Å². The maximum absolute atomic E-state index is 11.5. The molecule has 0 spiro atoms. The number of hydrogen-bond acceptors (Lipinski definition) is 5. The fourth-order valence-corrected chi connectivity index (χ4v) is 2.77. The van der Waals surface area contributed by atoms with Crippen molar-refractivity contribution in [3.05, 3.63) is 16.1 Å². The molecule has 1 aromatic heterocycles. The molecule has 0 saturated carbocycles. The lowest BCUT2D eigenvalue weighted by Gasteiger charge is -2.17. The van der Waals surface area contributed by atoms with Crippen LogP contribution >= 0.6 is 23.1 Å². The number of aliphatic carboxylic acids is 1. The Bertz CT molecular complexity index is 469. The maximum Gasteiger partial charge on any atom is 0.319 e. The fraction of sp³-hybridized carbons (Fsp3) is 0.583. The van der Waals surface area contributed by atoms with Crippen LogP contribution in [0.2, 0.25) is 0 Å². The molecule has 0 aliphatic rings. The summed E-state index contributed by atoms with van der Waals surface area (Å²) >= 11 is 2.76. The van der Waals surface area contributed by atoms with Gasteiger partial charge >= 0.3 is 5.97 Å². The predicted octanol–water partition coefficient (Wildman–Crippen LogP) is 1.87. The van der Waals surface area contributed by atoms with Crippen LogP contribution in [0.4, 0.5) is 0 Å². The van der Waals surface area contributed by atoms with Crippen molar-refractivity contribution in [3.63, 3.8) is 0 Å². The molecule has 0 fully saturated rings. The molecular weight excluding hydrogens is 284 g/mol. The second-order valence-corrected chi connectivity index (χ2v) is 7.34. The summed E-state index contributed by atoms with van der Waals surface area (Å²) < 4.78 is -0.830. The molecule has 0 atom stereocenters. The highest BCUT2D eigenvalue weighted by Gasteiger charge is 2.27. The quantitative estimate of drug-likeness (QED) is 0.868. The summed E-state index contributed by atoms with van der Waals surface area (Å²) in [5.41, 5.74) is 0.825. The number of aromatic nitrogens is 1. The molecule has 1 heterocycles. The van der Waals surface area contributed by atoms with Crippen LogP contribution < -0.4 is 0 Å². The number of carbonyl (C=O) groups excluding carboxylic acids is 1. The average Bonchev–Trinajstić information content (AvgIpc) is 2.74. The summed E-state index contributed by atoms with van der Waals surface area (Å²) in [7, 11) is 3.42. The van der Waals surface area contributed by atoms with E-state index in [0.29, 0.717) is 12.2 Å². The Labute approximate surface area is 121 Å². The monoisotopic (exact) mass is 302 g/mol. The second-order valence-electron chi connectivity index (χ2n) is 4.80. The number of thiazole rings is 1. The molecule has 1 N–H and O–H groups in total. The van der Waals surface area contributed by atoms with Crippen molar-refractivity contribution in [2.75, 3.05) is 14.1 Å². The van der Waals surface area contributed by atoms with Crippen molar-refractivity contribution in [2.45, 2.75) is 30.8 Å². The Morgan fingerprint density at radius 2 is 2.11 bits per heavy atom. The Kier molecular flexibility index (Phi) is 5.37. The molecule has 106 valence electrons. The van der Waals surface area contributed by atoms with E-state index >= 15 is 0 Å². The number of thioether (sulfide) groups is 1. The molecular formula is C12H18N2O3S2. The molecule has 0 unspecified atom stereocenters.